The lowest BCUT2D eigenvalue weighted by atomic mass is 10.1. The van der Waals surface area contributed by atoms with Crippen molar-refractivity contribution in [2.75, 3.05) is 39.8 Å². The van der Waals surface area contributed by atoms with Crippen molar-refractivity contribution in [3.8, 4) is 0 Å². The molecule has 0 bridgehead atoms. The van der Waals surface area contributed by atoms with Crippen molar-refractivity contribution in [1.82, 2.24) is 9.80 Å². The molecule has 0 spiro atoms. The van der Waals surface area contributed by atoms with E-state index in [1.165, 1.54) is 31.5 Å². The third kappa shape index (κ3) is 5.61. The average molecular weight is 304 g/mol. The highest BCUT2D eigenvalue weighted by Crippen LogP contribution is 2.21. The first-order chi connectivity index (χ1) is 9.94. The fourth-order valence-electron chi connectivity index (χ4n) is 2.76. The summed E-state index contributed by atoms with van der Waals surface area (Å²) in [7, 11) is 1.76. The van der Waals surface area contributed by atoms with Crippen molar-refractivity contribution in [2.45, 2.75) is 31.9 Å². The largest absolute Gasteiger partial charge is 0.469 e. The zero-order valence-electron chi connectivity index (χ0n) is 12.5. The third-order valence-electron chi connectivity index (χ3n) is 3.83. The predicted molar refractivity (Wildman–Crippen MR) is 75.7 cm³/mol. The molecule has 0 aromatic heterocycles. The Kier molecular flexibility index (Phi) is 5.56. The lowest BCUT2D eigenvalue weighted by molar-refractivity contribution is -0.169. The molecule has 0 saturated carbocycles. The van der Waals surface area contributed by atoms with Gasteiger partial charge in [-0.15, -0.1) is 0 Å². The Bertz CT molecular complexity index is 398. The summed E-state index contributed by atoms with van der Waals surface area (Å²) in [6, 6.07) is 0. The smallest absolute Gasteiger partial charge is 0.422 e. The zero-order valence-corrected chi connectivity index (χ0v) is 12.5. The van der Waals surface area contributed by atoms with Crippen LogP contribution < -0.4 is 0 Å². The van der Waals surface area contributed by atoms with Crippen molar-refractivity contribution >= 4 is 0 Å². The van der Waals surface area contributed by atoms with E-state index in [1.54, 1.807) is 18.0 Å². The van der Waals surface area contributed by atoms with Crippen LogP contribution in [-0.4, -0.2) is 55.8 Å². The lowest BCUT2D eigenvalue weighted by Crippen LogP contribution is -2.28. The fraction of sp³-hybridized carbons (Fsp3) is 0.733. The molecule has 3 nitrogen and oxygen atoms in total. The molecule has 0 radical (unpaired) electrons. The minimum Gasteiger partial charge on any atom is -0.469 e. The molecule has 0 amide bonds. The lowest BCUT2D eigenvalue weighted by Gasteiger charge is -2.27. The number of likely N-dealkylation sites (N-methyl/N-ethyl adjacent to an activating group) is 1. The van der Waals surface area contributed by atoms with Crippen molar-refractivity contribution < 1.29 is 17.9 Å². The first kappa shape index (κ1) is 16.2. The van der Waals surface area contributed by atoms with Crippen LogP contribution in [0.4, 0.5) is 13.2 Å². The quantitative estimate of drug-likeness (QED) is 0.750. The number of hydrogen-bond acceptors (Lipinski definition) is 3. The second-order valence-electron chi connectivity index (χ2n) is 5.74. The SMILES string of the molecule is CN1CC(CCCN2CCCC2)=CC=C1OCC(F)(F)F. The highest BCUT2D eigenvalue weighted by atomic mass is 19.4. The van der Waals surface area contributed by atoms with Gasteiger partial charge < -0.3 is 14.5 Å². The Hall–Kier alpha value is -1.17. The molecule has 0 unspecified atom stereocenters. The van der Waals surface area contributed by atoms with Gasteiger partial charge >= 0.3 is 6.18 Å². The van der Waals surface area contributed by atoms with Crippen LogP contribution in [0.15, 0.2) is 23.6 Å². The summed E-state index contributed by atoms with van der Waals surface area (Å²) < 4.78 is 41.2. The van der Waals surface area contributed by atoms with Crippen LogP contribution in [0.5, 0.6) is 0 Å². The second-order valence-corrected chi connectivity index (χ2v) is 5.74. The van der Waals surface area contributed by atoms with E-state index in [-0.39, 0.29) is 5.88 Å². The molecular formula is C15H23F3N2O. The molecule has 6 heteroatoms. The van der Waals surface area contributed by atoms with Gasteiger partial charge in [0, 0.05) is 13.6 Å². The van der Waals surface area contributed by atoms with E-state index in [0.29, 0.717) is 6.54 Å². The average Bonchev–Trinajstić information content (AvgIpc) is 2.90. The first-order valence-corrected chi connectivity index (χ1v) is 7.47. The number of rotatable bonds is 6. The fourth-order valence-corrected chi connectivity index (χ4v) is 2.76. The minimum absolute atomic E-state index is 0.288. The summed E-state index contributed by atoms with van der Waals surface area (Å²) in [5.41, 5.74) is 1.25. The Balaban J connectivity index is 1.74. The summed E-state index contributed by atoms with van der Waals surface area (Å²) in [6.45, 7) is 2.93. The highest BCUT2D eigenvalue weighted by molar-refractivity contribution is 5.21. The number of allylic oxidation sites excluding steroid dienone is 2. The minimum atomic E-state index is -4.29. The highest BCUT2D eigenvalue weighted by Gasteiger charge is 2.29. The van der Waals surface area contributed by atoms with Crippen LogP contribution in [0.2, 0.25) is 0 Å². The summed E-state index contributed by atoms with van der Waals surface area (Å²) in [4.78, 5) is 4.21. The number of nitrogens with zero attached hydrogens (tertiary/aromatic N) is 2. The maximum absolute atomic E-state index is 12.1. The van der Waals surface area contributed by atoms with E-state index in [2.05, 4.69) is 4.90 Å². The molecule has 2 rings (SSSR count). The Morgan fingerprint density at radius 2 is 1.90 bits per heavy atom. The van der Waals surface area contributed by atoms with E-state index in [9.17, 15) is 13.2 Å². The zero-order chi connectivity index (χ0) is 15.3. The summed E-state index contributed by atoms with van der Waals surface area (Å²) in [5, 5.41) is 0. The van der Waals surface area contributed by atoms with Crippen LogP contribution >= 0.6 is 0 Å². The molecule has 0 atom stereocenters. The maximum atomic E-state index is 12.1. The monoisotopic (exact) mass is 304 g/mol. The number of ether oxygens (including phenoxy) is 1. The Morgan fingerprint density at radius 3 is 2.52 bits per heavy atom. The third-order valence-corrected chi connectivity index (χ3v) is 3.83. The Morgan fingerprint density at radius 1 is 1.19 bits per heavy atom. The Labute approximate surface area is 124 Å². The van der Waals surface area contributed by atoms with E-state index >= 15 is 0 Å². The van der Waals surface area contributed by atoms with Crippen molar-refractivity contribution in [2.24, 2.45) is 0 Å². The summed E-state index contributed by atoms with van der Waals surface area (Å²) in [6.07, 6.45) is 3.94. The van der Waals surface area contributed by atoms with Crippen LogP contribution in [-0.2, 0) is 4.74 Å². The van der Waals surface area contributed by atoms with Crippen molar-refractivity contribution in [3.63, 3.8) is 0 Å². The molecule has 0 aromatic carbocycles. The van der Waals surface area contributed by atoms with Gasteiger partial charge in [-0.05, 0) is 51.4 Å². The van der Waals surface area contributed by atoms with E-state index < -0.39 is 12.8 Å². The van der Waals surface area contributed by atoms with E-state index in [1.807, 2.05) is 6.08 Å². The molecule has 120 valence electrons. The topological polar surface area (TPSA) is 15.7 Å². The maximum Gasteiger partial charge on any atom is 0.422 e. The second kappa shape index (κ2) is 7.20. The predicted octanol–water partition coefficient (Wildman–Crippen LogP) is 3.15. The van der Waals surface area contributed by atoms with E-state index in [4.69, 9.17) is 4.74 Å². The van der Waals surface area contributed by atoms with Crippen LogP contribution in [0.1, 0.15) is 25.7 Å². The van der Waals surface area contributed by atoms with Gasteiger partial charge in [0.2, 0.25) is 0 Å². The standard InChI is InChI=1S/C15H23F3N2O/c1-19-11-13(5-4-10-20-8-2-3-9-20)6-7-14(19)21-12-15(16,17)18/h6-7H,2-5,8-12H2,1H3. The molecule has 0 aromatic rings. The molecule has 2 heterocycles. The van der Waals surface area contributed by atoms with Gasteiger partial charge in [0.05, 0.1) is 0 Å². The van der Waals surface area contributed by atoms with Gasteiger partial charge in [-0.25, -0.2) is 0 Å². The van der Waals surface area contributed by atoms with Crippen LogP contribution in [0, 0.1) is 0 Å². The molecule has 21 heavy (non-hydrogen) atoms. The van der Waals surface area contributed by atoms with Gasteiger partial charge in [-0.3, -0.25) is 0 Å². The van der Waals surface area contributed by atoms with E-state index in [0.717, 1.165) is 19.4 Å². The molecule has 0 aliphatic carbocycles. The molecule has 0 N–H and O–H groups in total. The summed E-state index contributed by atoms with van der Waals surface area (Å²) >= 11 is 0. The molecule has 2 aliphatic rings. The normalized spacial score (nSPS) is 20.5. The van der Waals surface area contributed by atoms with Gasteiger partial charge in [0.15, 0.2) is 12.5 Å². The molecule has 2 aliphatic heterocycles. The van der Waals surface area contributed by atoms with Crippen LogP contribution in [0.25, 0.3) is 0 Å². The van der Waals surface area contributed by atoms with Gasteiger partial charge in [0.25, 0.3) is 0 Å². The molecular weight excluding hydrogens is 281 g/mol. The van der Waals surface area contributed by atoms with Gasteiger partial charge in [0.1, 0.15) is 0 Å². The summed E-state index contributed by atoms with van der Waals surface area (Å²) in [5.74, 6) is 0.288. The van der Waals surface area contributed by atoms with Crippen LogP contribution in [0.3, 0.4) is 0 Å². The van der Waals surface area contributed by atoms with Crippen molar-refractivity contribution in [3.05, 3.63) is 23.6 Å². The number of alkyl halides is 3. The van der Waals surface area contributed by atoms with Crippen molar-refractivity contribution in [1.29, 1.82) is 0 Å². The number of hydrogen-bond donors (Lipinski definition) is 0. The number of halogens is 3. The van der Waals surface area contributed by atoms with Gasteiger partial charge in [-0.1, -0.05) is 11.6 Å². The first-order valence-electron chi connectivity index (χ1n) is 7.47. The molecule has 1 saturated heterocycles. The van der Waals surface area contributed by atoms with Gasteiger partial charge in [-0.2, -0.15) is 13.2 Å². The molecule has 1 fully saturated rings. The number of likely N-dealkylation sites (tertiary alicyclic amines) is 1.